The van der Waals surface area contributed by atoms with E-state index in [0.29, 0.717) is 23.9 Å². The third-order valence-corrected chi connectivity index (χ3v) is 6.03. The summed E-state index contributed by atoms with van der Waals surface area (Å²) < 4.78 is 1.85. The van der Waals surface area contributed by atoms with Crippen LogP contribution >= 0.6 is 0 Å². The lowest BCUT2D eigenvalue weighted by Crippen LogP contribution is -2.34. The van der Waals surface area contributed by atoms with Crippen molar-refractivity contribution in [2.75, 3.05) is 19.6 Å². The molecule has 5 rings (SSSR count). The maximum Gasteiger partial charge on any atom is 0.257 e. The summed E-state index contributed by atoms with van der Waals surface area (Å²) in [5.74, 6) is 1.08. The number of aromatic nitrogens is 2. The summed E-state index contributed by atoms with van der Waals surface area (Å²) in [7, 11) is 0. The summed E-state index contributed by atoms with van der Waals surface area (Å²) in [6.07, 6.45) is 3.59. The molecule has 2 saturated heterocycles. The smallest absolute Gasteiger partial charge is 0.257 e. The first kappa shape index (κ1) is 17.2. The predicted molar refractivity (Wildman–Crippen MR) is 108 cm³/mol. The highest BCUT2D eigenvalue weighted by atomic mass is 16.2. The highest BCUT2D eigenvalue weighted by molar-refractivity contribution is 5.94. The van der Waals surface area contributed by atoms with E-state index < -0.39 is 0 Å². The molecule has 0 aliphatic carbocycles. The van der Waals surface area contributed by atoms with Crippen LogP contribution in [-0.4, -0.2) is 40.2 Å². The lowest BCUT2D eigenvalue weighted by molar-refractivity contribution is 0.0714. The van der Waals surface area contributed by atoms with Gasteiger partial charge in [0.05, 0.1) is 24.3 Å². The van der Waals surface area contributed by atoms with Crippen LogP contribution in [0.4, 0.5) is 0 Å². The number of nitrogens with one attached hydrogen (secondary N) is 1. The fourth-order valence-corrected chi connectivity index (χ4v) is 4.70. The van der Waals surface area contributed by atoms with Crippen LogP contribution in [0.5, 0.6) is 0 Å². The Morgan fingerprint density at radius 1 is 1.04 bits per heavy atom. The molecule has 0 spiro atoms. The molecule has 0 unspecified atom stereocenters. The topological polar surface area (TPSA) is 50.2 Å². The van der Waals surface area contributed by atoms with Gasteiger partial charge in [0.25, 0.3) is 5.91 Å². The van der Waals surface area contributed by atoms with E-state index in [1.807, 2.05) is 35.1 Å². The Morgan fingerprint density at radius 3 is 2.57 bits per heavy atom. The summed E-state index contributed by atoms with van der Waals surface area (Å²) >= 11 is 0. The molecule has 5 heteroatoms. The average molecular weight is 372 g/mol. The molecule has 0 bridgehead atoms. The first-order chi connectivity index (χ1) is 13.8. The highest BCUT2D eigenvalue weighted by Gasteiger charge is 2.46. The number of hydrogen-bond donors (Lipinski definition) is 1. The second kappa shape index (κ2) is 7.24. The van der Waals surface area contributed by atoms with Crippen LogP contribution in [0.1, 0.15) is 27.5 Å². The molecule has 0 radical (unpaired) electrons. The first-order valence-electron chi connectivity index (χ1n) is 9.92. The Hall–Kier alpha value is -2.92. The van der Waals surface area contributed by atoms with Crippen LogP contribution in [-0.2, 0) is 6.54 Å². The van der Waals surface area contributed by atoms with Crippen LogP contribution in [0.15, 0.2) is 73.1 Å². The number of hydrogen-bond acceptors (Lipinski definition) is 3. The van der Waals surface area contributed by atoms with E-state index in [-0.39, 0.29) is 11.9 Å². The van der Waals surface area contributed by atoms with Crippen LogP contribution in [0, 0.1) is 11.8 Å². The number of carbonyl (C=O) groups is 1. The zero-order valence-corrected chi connectivity index (χ0v) is 15.7. The lowest BCUT2D eigenvalue weighted by atomic mass is 9.89. The molecule has 2 aromatic carbocycles. The van der Waals surface area contributed by atoms with E-state index in [4.69, 9.17) is 0 Å². The van der Waals surface area contributed by atoms with E-state index in [9.17, 15) is 4.79 Å². The number of nitrogens with zero attached hydrogens (tertiary/aromatic N) is 3. The minimum atomic E-state index is 0.0857. The molecule has 142 valence electrons. The molecule has 0 saturated carbocycles. The van der Waals surface area contributed by atoms with Gasteiger partial charge in [-0.3, -0.25) is 9.48 Å². The molecule has 1 aromatic heterocycles. The fourth-order valence-electron chi connectivity index (χ4n) is 4.70. The quantitative estimate of drug-likeness (QED) is 0.766. The minimum Gasteiger partial charge on any atom is -0.331 e. The second-order valence-corrected chi connectivity index (χ2v) is 7.81. The predicted octanol–water partition coefficient (Wildman–Crippen LogP) is 2.96. The van der Waals surface area contributed by atoms with Gasteiger partial charge in [-0.05, 0) is 17.0 Å². The molecule has 3 atom stereocenters. The molecule has 2 aliphatic heterocycles. The van der Waals surface area contributed by atoms with E-state index in [1.54, 1.807) is 6.20 Å². The van der Waals surface area contributed by atoms with Gasteiger partial charge in [-0.1, -0.05) is 60.7 Å². The Bertz CT molecular complexity index is 953. The van der Waals surface area contributed by atoms with Gasteiger partial charge in [-0.25, -0.2) is 0 Å². The Labute approximate surface area is 165 Å². The van der Waals surface area contributed by atoms with Gasteiger partial charge in [0.2, 0.25) is 0 Å². The maximum atomic E-state index is 13.4. The van der Waals surface area contributed by atoms with Gasteiger partial charge in [0.1, 0.15) is 0 Å². The maximum absolute atomic E-state index is 13.4. The number of rotatable bonds is 4. The molecule has 2 aliphatic rings. The Morgan fingerprint density at radius 2 is 1.79 bits per heavy atom. The molecule has 3 heterocycles. The highest BCUT2D eigenvalue weighted by Crippen LogP contribution is 2.43. The van der Waals surface area contributed by atoms with Crippen molar-refractivity contribution in [3.05, 3.63) is 89.7 Å². The van der Waals surface area contributed by atoms with Gasteiger partial charge in [0, 0.05) is 31.7 Å². The summed E-state index contributed by atoms with van der Waals surface area (Å²) in [6.45, 7) is 3.44. The van der Waals surface area contributed by atoms with Crippen LogP contribution < -0.4 is 5.32 Å². The number of likely N-dealkylation sites (tertiary alicyclic amines) is 1. The Kier molecular flexibility index (Phi) is 4.45. The van der Waals surface area contributed by atoms with Crippen LogP contribution in [0.25, 0.3) is 0 Å². The van der Waals surface area contributed by atoms with Crippen molar-refractivity contribution >= 4 is 5.91 Å². The van der Waals surface area contributed by atoms with Crippen molar-refractivity contribution in [1.29, 1.82) is 0 Å². The minimum absolute atomic E-state index is 0.0857. The molecular weight excluding hydrogens is 348 g/mol. The molecule has 1 N–H and O–H groups in total. The van der Waals surface area contributed by atoms with Gasteiger partial charge in [-0.15, -0.1) is 0 Å². The third-order valence-electron chi connectivity index (χ3n) is 6.03. The van der Waals surface area contributed by atoms with Gasteiger partial charge in [-0.2, -0.15) is 5.10 Å². The number of amides is 1. The van der Waals surface area contributed by atoms with Crippen molar-refractivity contribution in [2.45, 2.75) is 12.6 Å². The van der Waals surface area contributed by atoms with Gasteiger partial charge < -0.3 is 10.2 Å². The standard InChI is InChI=1S/C23H24N4O/c28-23(20-12-25-26(15-20)14-17-7-3-1-4-8-17)27-16-19-11-24-13-21(19)22(27)18-9-5-2-6-10-18/h1-10,12,15,19,21-22,24H,11,13-14,16H2/t19-,21-,22-/m0/s1. The van der Waals surface area contributed by atoms with Crippen molar-refractivity contribution in [1.82, 2.24) is 20.0 Å². The SMILES string of the molecule is O=C(c1cnn(Cc2ccccc2)c1)N1C[C@@H]2CNC[C@@H]2[C@@H]1c1ccccc1. The van der Waals surface area contributed by atoms with Gasteiger partial charge in [0.15, 0.2) is 0 Å². The van der Waals surface area contributed by atoms with Crippen LogP contribution in [0.3, 0.4) is 0 Å². The zero-order valence-electron chi connectivity index (χ0n) is 15.7. The molecule has 3 aromatic rings. The van der Waals surface area contributed by atoms with E-state index in [2.05, 4.69) is 51.7 Å². The first-order valence-corrected chi connectivity index (χ1v) is 9.92. The average Bonchev–Trinajstić information content (AvgIpc) is 3.45. The summed E-state index contributed by atoms with van der Waals surface area (Å²) in [6, 6.07) is 20.8. The number of fused-ring (bicyclic) bond motifs is 1. The third kappa shape index (κ3) is 3.12. The zero-order chi connectivity index (χ0) is 18.9. The Balaban J connectivity index is 1.39. The van der Waals surface area contributed by atoms with Crippen molar-refractivity contribution < 1.29 is 4.79 Å². The number of carbonyl (C=O) groups excluding carboxylic acids is 1. The summed E-state index contributed by atoms with van der Waals surface area (Å²) in [5, 5.41) is 7.93. The molecule has 28 heavy (non-hydrogen) atoms. The van der Waals surface area contributed by atoms with E-state index in [0.717, 1.165) is 19.6 Å². The van der Waals surface area contributed by atoms with E-state index in [1.165, 1.54) is 11.1 Å². The second-order valence-electron chi connectivity index (χ2n) is 7.81. The molecule has 5 nitrogen and oxygen atoms in total. The van der Waals surface area contributed by atoms with Crippen molar-refractivity contribution in [3.8, 4) is 0 Å². The normalized spacial score (nSPS) is 23.7. The lowest BCUT2D eigenvalue weighted by Gasteiger charge is -2.28. The monoisotopic (exact) mass is 372 g/mol. The summed E-state index contributed by atoms with van der Waals surface area (Å²) in [4.78, 5) is 15.4. The molecule has 2 fully saturated rings. The fraction of sp³-hybridized carbons (Fsp3) is 0.304. The van der Waals surface area contributed by atoms with Gasteiger partial charge >= 0.3 is 0 Å². The summed E-state index contributed by atoms with van der Waals surface area (Å²) in [5.41, 5.74) is 3.07. The van der Waals surface area contributed by atoms with Crippen molar-refractivity contribution in [2.24, 2.45) is 11.8 Å². The van der Waals surface area contributed by atoms with Crippen molar-refractivity contribution in [3.63, 3.8) is 0 Å². The molecular formula is C23H24N4O. The number of benzene rings is 2. The van der Waals surface area contributed by atoms with E-state index >= 15 is 0 Å². The van der Waals surface area contributed by atoms with Crippen LogP contribution in [0.2, 0.25) is 0 Å². The largest absolute Gasteiger partial charge is 0.331 e. The molecule has 1 amide bonds.